The first-order valence-corrected chi connectivity index (χ1v) is 11.5. The minimum absolute atomic E-state index is 0.103. The van der Waals surface area contributed by atoms with E-state index in [0.29, 0.717) is 17.2 Å². The van der Waals surface area contributed by atoms with E-state index in [9.17, 15) is 13.2 Å². The van der Waals surface area contributed by atoms with Crippen LogP contribution in [0, 0.1) is 11.3 Å². The Bertz CT molecular complexity index is 963. The summed E-state index contributed by atoms with van der Waals surface area (Å²) in [4.78, 5) is 12.4. The van der Waals surface area contributed by atoms with Crippen LogP contribution < -0.4 is 15.6 Å². The Hall–Kier alpha value is -2.32. The summed E-state index contributed by atoms with van der Waals surface area (Å²) in [6.45, 7) is 6.57. The molecule has 0 radical (unpaired) electrons. The normalized spacial score (nSPS) is 18.8. The topological polar surface area (TPSA) is 87.3 Å². The van der Waals surface area contributed by atoms with E-state index >= 15 is 0 Å². The fourth-order valence-electron chi connectivity index (χ4n) is 3.54. The summed E-state index contributed by atoms with van der Waals surface area (Å²) in [6.07, 6.45) is 4.18. The Labute approximate surface area is 170 Å². The van der Waals surface area contributed by atoms with E-state index in [1.807, 2.05) is 0 Å². The van der Waals surface area contributed by atoms with Crippen LogP contribution in [0.1, 0.15) is 44.0 Å². The zero-order valence-electron chi connectivity index (χ0n) is 16.2. The summed E-state index contributed by atoms with van der Waals surface area (Å²) in [5.74, 6) is 0.277. The van der Waals surface area contributed by atoms with Gasteiger partial charge in [-0.3, -0.25) is 14.9 Å². The van der Waals surface area contributed by atoms with Crippen LogP contribution in [0.15, 0.2) is 57.8 Å². The number of allylic oxidation sites excluding steroid dienone is 2. The highest BCUT2D eigenvalue weighted by atomic mass is 32.2. The van der Waals surface area contributed by atoms with Crippen molar-refractivity contribution in [2.45, 2.75) is 37.8 Å². The Morgan fingerprint density at radius 3 is 2.50 bits per heavy atom. The molecule has 0 saturated carbocycles. The average Bonchev–Trinajstić information content (AvgIpc) is 3.14. The van der Waals surface area contributed by atoms with Gasteiger partial charge in [-0.1, -0.05) is 32.9 Å². The van der Waals surface area contributed by atoms with Gasteiger partial charge >= 0.3 is 0 Å². The molecule has 1 heterocycles. The van der Waals surface area contributed by atoms with Crippen molar-refractivity contribution in [3.8, 4) is 0 Å². The van der Waals surface area contributed by atoms with Gasteiger partial charge in [-0.2, -0.15) is 0 Å². The first-order valence-electron chi connectivity index (χ1n) is 9.09. The largest absolute Gasteiger partial charge is 0.303 e. The van der Waals surface area contributed by atoms with E-state index in [2.05, 4.69) is 42.4 Å². The highest BCUT2D eigenvalue weighted by Crippen LogP contribution is 2.35. The Balaban J connectivity index is 1.60. The third-order valence-electron chi connectivity index (χ3n) is 4.50. The van der Waals surface area contributed by atoms with Crippen LogP contribution in [0.2, 0.25) is 0 Å². The van der Waals surface area contributed by atoms with E-state index in [1.54, 1.807) is 41.8 Å². The molecular formula is C20H25N3O3S2. The van der Waals surface area contributed by atoms with Crippen molar-refractivity contribution in [1.82, 2.24) is 10.9 Å². The Kier molecular flexibility index (Phi) is 5.81. The van der Waals surface area contributed by atoms with Crippen LogP contribution >= 0.6 is 11.3 Å². The van der Waals surface area contributed by atoms with Gasteiger partial charge in [0.05, 0.1) is 0 Å². The summed E-state index contributed by atoms with van der Waals surface area (Å²) in [5.41, 5.74) is 7.71. The molecule has 0 fully saturated rings. The van der Waals surface area contributed by atoms with Gasteiger partial charge in [-0.25, -0.2) is 8.42 Å². The molecule has 1 aliphatic carbocycles. The first-order chi connectivity index (χ1) is 13.1. The minimum atomic E-state index is -3.60. The highest BCUT2D eigenvalue weighted by Gasteiger charge is 2.25. The van der Waals surface area contributed by atoms with Crippen molar-refractivity contribution >= 4 is 33.0 Å². The maximum absolute atomic E-state index is 12.4. The quantitative estimate of drug-likeness (QED) is 0.615. The van der Waals surface area contributed by atoms with Crippen molar-refractivity contribution < 1.29 is 13.2 Å². The fraction of sp³-hybridized carbons (Fsp3) is 0.350. The molecule has 0 bridgehead atoms. The number of hydrogen-bond acceptors (Lipinski definition) is 5. The maximum Gasteiger partial charge on any atom is 0.271 e. The standard InChI is InChI=1S/C20H25N3O3S2/c1-14-11-17(13-20(2,3)12-14)21-22-19(24)15-6-8-16(9-7-15)23-28(25,26)18-5-4-10-27-18/h4-10,13-14,21,23H,11-12H2,1-3H3,(H,22,24)/t14-/m0/s1. The number of benzene rings is 1. The van der Waals surface area contributed by atoms with E-state index in [-0.39, 0.29) is 15.5 Å². The molecule has 3 N–H and O–H groups in total. The number of hydrogen-bond donors (Lipinski definition) is 3. The molecule has 6 nitrogen and oxygen atoms in total. The van der Waals surface area contributed by atoms with E-state index < -0.39 is 10.0 Å². The Morgan fingerprint density at radius 2 is 1.89 bits per heavy atom. The van der Waals surface area contributed by atoms with Gasteiger partial charge in [-0.15, -0.1) is 11.3 Å². The fourth-order valence-corrected chi connectivity index (χ4v) is 5.59. The lowest BCUT2D eigenvalue weighted by Gasteiger charge is -2.32. The van der Waals surface area contributed by atoms with E-state index in [4.69, 9.17) is 0 Å². The van der Waals surface area contributed by atoms with Gasteiger partial charge in [0.1, 0.15) is 4.21 Å². The molecular weight excluding hydrogens is 394 g/mol. The number of hydrazine groups is 1. The van der Waals surface area contributed by atoms with Crippen LogP contribution in [-0.4, -0.2) is 14.3 Å². The van der Waals surface area contributed by atoms with Crippen molar-refractivity contribution in [3.05, 3.63) is 59.1 Å². The molecule has 3 rings (SSSR count). The van der Waals surface area contributed by atoms with Crippen molar-refractivity contribution in [1.29, 1.82) is 0 Å². The second-order valence-electron chi connectivity index (χ2n) is 7.87. The Morgan fingerprint density at radius 1 is 1.18 bits per heavy atom. The van der Waals surface area contributed by atoms with Gasteiger partial charge in [0.25, 0.3) is 15.9 Å². The molecule has 8 heteroatoms. The van der Waals surface area contributed by atoms with Gasteiger partial charge in [0.15, 0.2) is 0 Å². The predicted octanol–water partition coefficient (Wildman–Crippen LogP) is 4.12. The zero-order chi connectivity index (χ0) is 20.4. The molecule has 2 aromatic rings. The number of amides is 1. The predicted molar refractivity (Wildman–Crippen MR) is 112 cm³/mol. The van der Waals surface area contributed by atoms with Crippen LogP contribution in [-0.2, 0) is 10.0 Å². The van der Waals surface area contributed by atoms with E-state index in [0.717, 1.165) is 29.9 Å². The molecule has 1 aromatic heterocycles. The molecule has 0 spiro atoms. The summed E-state index contributed by atoms with van der Waals surface area (Å²) < 4.78 is 27.2. The third-order valence-corrected chi connectivity index (χ3v) is 7.28. The average molecular weight is 420 g/mol. The first kappa shape index (κ1) is 20.4. The van der Waals surface area contributed by atoms with Gasteiger partial charge in [-0.05, 0) is 59.9 Å². The number of carbonyl (C=O) groups is 1. The maximum atomic E-state index is 12.4. The van der Waals surface area contributed by atoms with Crippen molar-refractivity contribution in [2.24, 2.45) is 11.3 Å². The van der Waals surface area contributed by atoms with E-state index in [1.165, 1.54) is 0 Å². The van der Waals surface area contributed by atoms with Crippen LogP contribution in [0.3, 0.4) is 0 Å². The van der Waals surface area contributed by atoms with Crippen LogP contribution in [0.4, 0.5) is 5.69 Å². The summed E-state index contributed by atoms with van der Waals surface area (Å²) >= 11 is 1.15. The van der Waals surface area contributed by atoms with Crippen LogP contribution in [0.5, 0.6) is 0 Å². The molecule has 1 aliphatic rings. The number of nitrogens with one attached hydrogen (secondary N) is 3. The zero-order valence-corrected chi connectivity index (χ0v) is 17.8. The van der Waals surface area contributed by atoms with Crippen molar-refractivity contribution in [2.75, 3.05) is 4.72 Å². The highest BCUT2D eigenvalue weighted by molar-refractivity contribution is 7.94. The SMILES string of the molecule is C[C@H]1CC(NNC(=O)c2ccc(NS(=O)(=O)c3cccs3)cc2)=CC(C)(C)C1. The number of thiophene rings is 1. The smallest absolute Gasteiger partial charge is 0.271 e. The lowest BCUT2D eigenvalue weighted by molar-refractivity contribution is 0.0936. The molecule has 0 saturated heterocycles. The molecule has 28 heavy (non-hydrogen) atoms. The van der Waals surface area contributed by atoms with Gasteiger partial charge < -0.3 is 5.43 Å². The second-order valence-corrected chi connectivity index (χ2v) is 10.7. The monoisotopic (exact) mass is 419 g/mol. The third kappa shape index (κ3) is 5.14. The lowest BCUT2D eigenvalue weighted by Crippen LogP contribution is -2.39. The number of sulfonamides is 1. The number of rotatable bonds is 6. The number of carbonyl (C=O) groups excluding carboxylic acids is 1. The number of anilines is 1. The lowest BCUT2D eigenvalue weighted by atomic mass is 9.76. The molecule has 1 amide bonds. The molecule has 1 aromatic carbocycles. The summed E-state index contributed by atoms with van der Waals surface area (Å²) in [6, 6.07) is 9.55. The summed E-state index contributed by atoms with van der Waals surface area (Å²) in [5, 5.41) is 1.71. The minimum Gasteiger partial charge on any atom is -0.303 e. The molecule has 1 atom stereocenters. The second kappa shape index (κ2) is 7.97. The molecule has 150 valence electrons. The van der Waals surface area contributed by atoms with Crippen LogP contribution in [0.25, 0.3) is 0 Å². The van der Waals surface area contributed by atoms with Crippen molar-refractivity contribution in [3.63, 3.8) is 0 Å². The van der Waals surface area contributed by atoms with Gasteiger partial charge in [0, 0.05) is 16.9 Å². The molecule has 0 aliphatic heterocycles. The molecule has 0 unspecified atom stereocenters. The summed E-state index contributed by atoms with van der Waals surface area (Å²) in [7, 11) is -3.60. The van der Waals surface area contributed by atoms with Gasteiger partial charge in [0.2, 0.25) is 0 Å².